The van der Waals surface area contributed by atoms with Gasteiger partial charge in [-0.05, 0) is 18.8 Å². The first-order chi connectivity index (χ1) is 11.3. The highest BCUT2D eigenvalue weighted by Gasteiger charge is 2.54. The predicted octanol–water partition coefficient (Wildman–Crippen LogP) is 0.150. The van der Waals surface area contributed by atoms with Crippen LogP contribution >= 0.6 is 0 Å². The molecular weight excluding hydrogens is 316 g/mol. The van der Waals surface area contributed by atoms with E-state index in [1.807, 2.05) is 13.8 Å². The maximum atomic E-state index is 12.4. The molecule has 130 valence electrons. The lowest BCUT2D eigenvalue weighted by Gasteiger charge is -2.42. The number of nitrogens with one attached hydrogen (secondary N) is 2. The van der Waals surface area contributed by atoms with Crippen LogP contribution < -0.4 is 10.9 Å². The molecule has 4 amide bonds. The van der Waals surface area contributed by atoms with E-state index < -0.39 is 17.0 Å². The summed E-state index contributed by atoms with van der Waals surface area (Å²) in [5.74, 6) is -0.522. The molecule has 3 heterocycles. The van der Waals surface area contributed by atoms with Gasteiger partial charge in [-0.15, -0.1) is 0 Å². The molecule has 0 radical (unpaired) electrons. The number of aromatic nitrogens is 1. The first kappa shape index (κ1) is 16.3. The van der Waals surface area contributed by atoms with Gasteiger partial charge in [-0.3, -0.25) is 19.7 Å². The minimum atomic E-state index is -0.892. The van der Waals surface area contributed by atoms with E-state index in [-0.39, 0.29) is 23.6 Å². The number of hydrogen-bond acceptors (Lipinski definition) is 5. The topological polar surface area (TPSA) is 116 Å². The quantitative estimate of drug-likeness (QED) is 0.762. The summed E-state index contributed by atoms with van der Waals surface area (Å²) in [6.45, 7) is 5.07. The highest BCUT2D eigenvalue weighted by molar-refractivity contribution is 6.07. The van der Waals surface area contributed by atoms with Crippen molar-refractivity contribution in [1.82, 2.24) is 20.3 Å². The summed E-state index contributed by atoms with van der Waals surface area (Å²) in [5, 5.41) is 4.48. The molecule has 1 spiro atoms. The van der Waals surface area contributed by atoms with Crippen molar-refractivity contribution in [3.63, 3.8) is 0 Å². The summed E-state index contributed by atoms with van der Waals surface area (Å²) in [4.78, 5) is 51.0. The Morgan fingerprint density at radius 3 is 2.50 bits per heavy atom. The number of amides is 4. The smallest absolute Gasteiger partial charge is 0.325 e. The predicted molar refractivity (Wildman–Crippen MR) is 82.3 cm³/mol. The van der Waals surface area contributed by atoms with Crippen LogP contribution in [0.5, 0.6) is 0 Å². The third-order valence-corrected chi connectivity index (χ3v) is 4.57. The lowest BCUT2D eigenvalue weighted by atomic mass is 9.85. The lowest BCUT2D eigenvalue weighted by molar-refractivity contribution is -0.129. The van der Waals surface area contributed by atoms with Crippen molar-refractivity contribution in [3.05, 3.63) is 22.2 Å². The number of carbonyl (C=O) groups is 3. The average Bonchev–Trinajstić information content (AvgIpc) is 3.05. The van der Waals surface area contributed by atoms with Gasteiger partial charge in [0.05, 0.1) is 6.07 Å². The molecule has 1 aromatic rings. The molecule has 0 aliphatic carbocycles. The fourth-order valence-corrected chi connectivity index (χ4v) is 3.34. The van der Waals surface area contributed by atoms with E-state index in [4.69, 9.17) is 4.52 Å². The minimum absolute atomic E-state index is 0.0538. The zero-order chi connectivity index (χ0) is 17.5. The standard InChI is InChI=1S/C15H20N4O5/c1-9(2)8-19-14(23)16-13(22)15(19)3-5-18(6-4-15)12(21)10-7-11(20)17-24-10/h7,9H,3-6,8H2,1-2H3,(H,17,20)(H,16,22,23). The first-order valence-electron chi connectivity index (χ1n) is 7.94. The Morgan fingerprint density at radius 2 is 1.96 bits per heavy atom. The fourth-order valence-electron chi connectivity index (χ4n) is 3.34. The van der Waals surface area contributed by atoms with Crippen molar-refractivity contribution in [1.29, 1.82) is 0 Å². The van der Waals surface area contributed by atoms with Crippen LogP contribution in [0.2, 0.25) is 0 Å². The molecule has 24 heavy (non-hydrogen) atoms. The molecule has 0 saturated carbocycles. The van der Waals surface area contributed by atoms with Gasteiger partial charge in [0.2, 0.25) is 5.76 Å². The molecule has 9 heteroatoms. The maximum absolute atomic E-state index is 12.4. The van der Waals surface area contributed by atoms with Crippen LogP contribution in [0.4, 0.5) is 4.79 Å². The summed E-state index contributed by atoms with van der Waals surface area (Å²) < 4.78 is 4.84. The number of rotatable bonds is 3. The van der Waals surface area contributed by atoms with Crippen LogP contribution in [0, 0.1) is 5.92 Å². The monoisotopic (exact) mass is 336 g/mol. The number of hydrogen-bond donors (Lipinski definition) is 2. The van der Waals surface area contributed by atoms with E-state index in [1.165, 1.54) is 4.90 Å². The number of likely N-dealkylation sites (tertiary alicyclic amines) is 1. The second-order valence-electron chi connectivity index (χ2n) is 6.66. The third-order valence-electron chi connectivity index (χ3n) is 4.57. The second kappa shape index (κ2) is 5.81. The average molecular weight is 336 g/mol. The highest BCUT2D eigenvalue weighted by atomic mass is 16.5. The summed E-state index contributed by atoms with van der Waals surface area (Å²) in [6.07, 6.45) is 0.718. The van der Waals surface area contributed by atoms with Gasteiger partial charge in [0, 0.05) is 19.6 Å². The molecule has 2 aliphatic heterocycles. The van der Waals surface area contributed by atoms with Crippen molar-refractivity contribution in [3.8, 4) is 0 Å². The van der Waals surface area contributed by atoms with Gasteiger partial charge in [-0.2, -0.15) is 5.16 Å². The largest absolute Gasteiger partial charge is 0.373 e. The van der Waals surface area contributed by atoms with E-state index in [9.17, 15) is 19.2 Å². The number of piperidine rings is 1. The van der Waals surface area contributed by atoms with Crippen molar-refractivity contribution < 1.29 is 18.9 Å². The zero-order valence-electron chi connectivity index (χ0n) is 13.6. The Labute approximate surface area is 137 Å². The number of H-pyrrole nitrogens is 1. The van der Waals surface area contributed by atoms with Crippen molar-refractivity contribution in [2.45, 2.75) is 32.2 Å². The Bertz CT molecular complexity index is 726. The molecular formula is C15H20N4O5. The number of aromatic amines is 1. The SMILES string of the molecule is CC(C)CN1C(=O)NC(=O)C12CCN(C(=O)c1cc(=O)[nH]o1)CC2. The minimum Gasteiger partial charge on any atom is -0.373 e. The van der Waals surface area contributed by atoms with Gasteiger partial charge >= 0.3 is 6.03 Å². The Kier molecular flexibility index (Phi) is 3.94. The molecule has 9 nitrogen and oxygen atoms in total. The van der Waals surface area contributed by atoms with Gasteiger partial charge in [0.1, 0.15) is 5.54 Å². The van der Waals surface area contributed by atoms with Crippen molar-refractivity contribution in [2.24, 2.45) is 5.92 Å². The molecule has 0 bridgehead atoms. The first-order valence-corrected chi connectivity index (χ1v) is 7.94. The van der Waals surface area contributed by atoms with E-state index >= 15 is 0 Å². The molecule has 0 aromatic carbocycles. The molecule has 0 atom stereocenters. The van der Waals surface area contributed by atoms with Gasteiger partial charge in [-0.1, -0.05) is 13.8 Å². The van der Waals surface area contributed by atoms with Crippen LogP contribution in [-0.2, 0) is 4.79 Å². The number of urea groups is 1. The normalized spacial score (nSPS) is 20.1. The van der Waals surface area contributed by atoms with Crippen molar-refractivity contribution in [2.75, 3.05) is 19.6 Å². The summed E-state index contributed by atoms with van der Waals surface area (Å²) >= 11 is 0. The Balaban J connectivity index is 1.75. The Morgan fingerprint density at radius 1 is 1.29 bits per heavy atom. The molecule has 0 unspecified atom stereocenters. The molecule has 3 rings (SSSR count). The summed E-state index contributed by atoms with van der Waals surface area (Å²) in [7, 11) is 0. The van der Waals surface area contributed by atoms with E-state index in [2.05, 4.69) is 10.5 Å². The third kappa shape index (κ3) is 2.59. The van der Waals surface area contributed by atoms with Crippen LogP contribution in [-0.4, -0.2) is 58.0 Å². The molecule has 2 fully saturated rings. The van der Waals surface area contributed by atoms with Crippen LogP contribution in [0.25, 0.3) is 0 Å². The summed E-state index contributed by atoms with van der Waals surface area (Å²) in [5.41, 5.74) is -1.37. The number of imide groups is 1. The van der Waals surface area contributed by atoms with E-state index in [0.717, 1.165) is 6.07 Å². The van der Waals surface area contributed by atoms with Gasteiger partial charge in [0.15, 0.2) is 0 Å². The van der Waals surface area contributed by atoms with Crippen LogP contribution in [0.3, 0.4) is 0 Å². The second-order valence-corrected chi connectivity index (χ2v) is 6.66. The maximum Gasteiger partial charge on any atom is 0.325 e. The number of nitrogens with zero attached hydrogens (tertiary/aromatic N) is 2. The lowest BCUT2D eigenvalue weighted by Crippen LogP contribution is -2.58. The zero-order valence-corrected chi connectivity index (χ0v) is 13.6. The van der Waals surface area contributed by atoms with Gasteiger partial charge in [-0.25, -0.2) is 4.79 Å². The fraction of sp³-hybridized carbons (Fsp3) is 0.600. The molecule has 2 saturated heterocycles. The molecule has 2 N–H and O–H groups in total. The van der Waals surface area contributed by atoms with Crippen LogP contribution in [0.15, 0.2) is 15.4 Å². The summed E-state index contributed by atoms with van der Waals surface area (Å²) in [6, 6.07) is 0.731. The van der Waals surface area contributed by atoms with Gasteiger partial charge < -0.3 is 14.3 Å². The van der Waals surface area contributed by atoms with Crippen molar-refractivity contribution >= 4 is 17.8 Å². The Hall–Kier alpha value is -2.58. The molecule has 2 aliphatic rings. The van der Waals surface area contributed by atoms with E-state index in [0.29, 0.717) is 32.5 Å². The number of carbonyl (C=O) groups excluding carboxylic acids is 3. The highest BCUT2D eigenvalue weighted by Crippen LogP contribution is 2.34. The van der Waals surface area contributed by atoms with Gasteiger partial charge in [0.25, 0.3) is 17.4 Å². The van der Waals surface area contributed by atoms with E-state index in [1.54, 1.807) is 4.90 Å². The molecule has 1 aromatic heterocycles. The van der Waals surface area contributed by atoms with Crippen LogP contribution in [0.1, 0.15) is 37.2 Å².